The predicted octanol–water partition coefficient (Wildman–Crippen LogP) is 3.55. The van der Waals surface area contributed by atoms with Gasteiger partial charge in [-0.3, -0.25) is 4.79 Å². The van der Waals surface area contributed by atoms with Crippen molar-refractivity contribution in [2.24, 2.45) is 0 Å². The van der Waals surface area contributed by atoms with Gasteiger partial charge in [0.1, 0.15) is 0 Å². The molecule has 0 N–H and O–H groups in total. The minimum atomic E-state index is -0.278. The normalized spacial score (nSPS) is 11.2. The summed E-state index contributed by atoms with van der Waals surface area (Å²) in [6, 6.07) is 8.06. The molecule has 0 saturated heterocycles. The van der Waals surface area contributed by atoms with Crippen LogP contribution in [-0.2, 0) is 14.4 Å². The van der Waals surface area contributed by atoms with Crippen LogP contribution in [0.1, 0.15) is 33.3 Å². The molecule has 1 aromatic carbocycles. The molecule has 0 atom stereocenters. The second kappa shape index (κ2) is 4.71. The van der Waals surface area contributed by atoms with Gasteiger partial charge in [0, 0.05) is 11.8 Å². The number of hydrogen-bond donors (Lipinski definition) is 0. The fraction of sp³-hybridized carbons (Fsp3) is 0.417. The first-order valence-electron chi connectivity index (χ1n) is 4.85. The lowest BCUT2D eigenvalue weighted by molar-refractivity contribution is -0.130. The fourth-order valence-electron chi connectivity index (χ4n) is 1.12. The molecule has 1 aromatic rings. The fourth-order valence-corrected chi connectivity index (χ4v) is 1.58. The van der Waals surface area contributed by atoms with Crippen molar-refractivity contribution in [3.63, 3.8) is 0 Å². The van der Waals surface area contributed by atoms with Gasteiger partial charge in [-0.25, -0.2) is 0 Å². The lowest BCUT2D eigenvalue weighted by atomic mass is 9.87. The summed E-state index contributed by atoms with van der Waals surface area (Å²) < 4.78 is 4.83. The Morgan fingerprint density at radius 2 is 1.73 bits per heavy atom. The van der Waals surface area contributed by atoms with E-state index in [0.29, 0.717) is 0 Å². The van der Waals surface area contributed by atoms with Crippen molar-refractivity contribution in [1.82, 2.24) is 0 Å². The van der Waals surface area contributed by atoms with Crippen LogP contribution in [0.25, 0.3) is 0 Å². The quantitative estimate of drug-likeness (QED) is 0.718. The summed E-state index contributed by atoms with van der Waals surface area (Å²) in [6.07, 6.45) is 0. The zero-order chi connectivity index (χ0) is 11.5. The third kappa shape index (κ3) is 3.96. The molecule has 0 amide bonds. The summed E-state index contributed by atoms with van der Waals surface area (Å²) >= 11 is 1.10. The average Bonchev–Trinajstić information content (AvgIpc) is 2.14. The van der Waals surface area contributed by atoms with Gasteiger partial charge in [-0.15, -0.1) is 0 Å². The van der Waals surface area contributed by atoms with Gasteiger partial charge in [0.15, 0.2) is 0 Å². The van der Waals surface area contributed by atoms with Crippen LogP contribution in [0.15, 0.2) is 29.2 Å². The van der Waals surface area contributed by atoms with Gasteiger partial charge in [-0.1, -0.05) is 32.9 Å². The average molecular weight is 224 g/mol. The Kier molecular flexibility index (Phi) is 3.80. The molecule has 0 bridgehead atoms. The third-order valence-electron chi connectivity index (χ3n) is 1.98. The molecule has 0 aliphatic heterocycles. The number of carbonyl (C=O) groups excluding carboxylic acids is 1. The molecule has 0 heterocycles. The highest BCUT2D eigenvalue weighted by molar-refractivity contribution is 7.95. The van der Waals surface area contributed by atoms with E-state index in [1.54, 1.807) is 0 Å². The van der Waals surface area contributed by atoms with Crippen LogP contribution in [0.4, 0.5) is 0 Å². The van der Waals surface area contributed by atoms with E-state index in [4.69, 9.17) is 4.18 Å². The lowest BCUT2D eigenvalue weighted by Crippen LogP contribution is -2.10. The van der Waals surface area contributed by atoms with Crippen molar-refractivity contribution in [1.29, 1.82) is 0 Å². The summed E-state index contributed by atoms with van der Waals surface area (Å²) in [5, 5.41) is 0. The molecule has 0 fully saturated rings. The zero-order valence-corrected chi connectivity index (χ0v) is 10.4. The predicted molar refractivity (Wildman–Crippen MR) is 62.8 cm³/mol. The van der Waals surface area contributed by atoms with Gasteiger partial charge in [0.25, 0.3) is 0 Å². The van der Waals surface area contributed by atoms with Crippen molar-refractivity contribution in [3.05, 3.63) is 29.8 Å². The van der Waals surface area contributed by atoms with Crippen LogP contribution in [0.3, 0.4) is 0 Å². The number of rotatable bonds is 2. The summed E-state index contributed by atoms with van der Waals surface area (Å²) in [6.45, 7) is 7.90. The molecule has 0 aromatic heterocycles. The highest BCUT2D eigenvalue weighted by atomic mass is 32.2. The number of hydrogen-bond acceptors (Lipinski definition) is 3. The molecule has 0 aliphatic carbocycles. The smallest absolute Gasteiger partial charge is 0.315 e. The van der Waals surface area contributed by atoms with Crippen LogP contribution < -0.4 is 0 Å². The first kappa shape index (κ1) is 12.1. The van der Waals surface area contributed by atoms with Crippen LogP contribution >= 0.6 is 12.0 Å². The van der Waals surface area contributed by atoms with E-state index in [0.717, 1.165) is 16.9 Å². The summed E-state index contributed by atoms with van der Waals surface area (Å²) in [4.78, 5) is 11.5. The van der Waals surface area contributed by atoms with Crippen molar-refractivity contribution in [3.8, 4) is 0 Å². The van der Waals surface area contributed by atoms with Gasteiger partial charge in [0.05, 0.1) is 12.0 Å². The van der Waals surface area contributed by atoms with E-state index in [-0.39, 0.29) is 11.4 Å². The molecule has 2 nitrogen and oxygen atoms in total. The summed E-state index contributed by atoms with van der Waals surface area (Å²) in [5.41, 5.74) is 1.43. The Morgan fingerprint density at radius 3 is 2.13 bits per heavy atom. The van der Waals surface area contributed by atoms with Crippen molar-refractivity contribution < 1.29 is 8.98 Å². The number of benzene rings is 1. The molecule has 0 unspecified atom stereocenters. The second-order valence-corrected chi connectivity index (χ2v) is 5.24. The van der Waals surface area contributed by atoms with Crippen LogP contribution in [0.2, 0.25) is 0 Å². The SMILES string of the molecule is CC(=O)OSc1ccc(C(C)(C)C)cc1. The van der Waals surface area contributed by atoms with Crippen LogP contribution in [0, 0.1) is 0 Å². The maximum absolute atomic E-state index is 10.6. The van der Waals surface area contributed by atoms with Gasteiger partial charge < -0.3 is 4.18 Å². The summed E-state index contributed by atoms with van der Waals surface area (Å²) in [5.74, 6) is -0.278. The molecule has 15 heavy (non-hydrogen) atoms. The van der Waals surface area contributed by atoms with E-state index in [1.807, 2.05) is 12.1 Å². The molecule has 0 spiro atoms. The van der Waals surface area contributed by atoms with Crippen molar-refractivity contribution in [2.75, 3.05) is 0 Å². The van der Waals surface area contributed by atoms with E-state index in [2.05, 4.69) is 32.9 Å². The molecule has 0 aliphatic rings. The number of carbonyl (C=O) groups is 1. The molecule has 82 valence electrons. The Balaban J connectivity index is 2.69. The Bertz CT molecular complexity index is 336. The first-order valence-corrected chi connectivity index (χ1v) is 5.59. The molecular formula is C12H16O2S. The largest absolute Gasteiger partial charge is 0.386 e. The Morgan fingerprint density at radius 1 is 1.20 bits per heavy atom. The van der Waals surface area contributed by atoms with Gasteiger partial charge in [-0.2, -0.15) is 0 Å². The van der Waals surface area contributed by atoms with E-state index in [1.165, 1.54) is 12.5 Å². The van der Waals surface area contributed by atoms with Gasteiger partial charge in [0.2, 0.25) is 0 Å². The second-order valence-electron chi connectivity index (χ2n) is 4.43. The van der Waals surface area contributed by atoms with E-state index in [9.17, 15) is 4.79 Å². The van der Waals surface area contributed by atoms with E-state index >= 15 is 0 Å². The summed E-state index contributed by atoms with van der Waals surface area (Å²) in [7, 11) is 0. The van der Waals surface area contributed by atoms with Gasteiger partial charge >= 0.3 is 5.97 Å². The molecule has 1 rings (SSSR count). The molecule has 3 heteroatoms. The maximum Gasteiger partial charge on any atom is 0.315 e. The molecule has 0 saturated carbocycles. The third-order valence-corrected chi connectivity index (χ3v) is 2.76. The molecule has 0 radical (unpaired) electrons. The highest BCUT2D eigenvalue weighted by Crippen LogP contribution is 2.25. The topological polar surface area (TPSA) is 26.3 Å². The van der Waals surface area contributed by atoms with Crippen LogP contribution in [0.5, 0.6) is 0 Å². The standard InChI is InChI=1S/C12H16O2S/c1-9(13)14-15-11-7-5-10(6-8-11)12(2,3)4/h5-8H,1-4H3. The Hall–Kier alpha value is -0.960. The maximum atomic E-state index is 10.6. The minimum Gasteiger partial charge on any atom is -0.386 e. The minimum absolute atomic E-state index is 0.157. The lowest BCUT2D eigenvalue weighted by Gasteiger charge is -2.18. The highest BCUT2D eigenvalue weighted by Gasteiger charge is 2.12. The Labute approximate surface area is 95.2 Å². The van der Waals surface area contributed by atoms with Crippen LogP contribution in [-0.4, -0.2) is 5.97 Å². The zero-order valence-electron chi connectivity index (χ0n) is 9.53. The van der Waals surface area contributed by atoms with Crippen molar-refractivity contribution in [2.45, 2.75) is 38.0 Å². The first-order chi connectivity index (χ1) is 6.89. The monoisotopic (exact) mass is 224 g/mol. The molecular weight excluding hydrogens is 208 g/mol. The van der Waals surface area contributed by atoms with Gasteiger partial charge in [-0.05, 0) is 23.1 Å². The van der Waals surface area contributed by atoms with E-state index < -0.39 is 0 Å². The van der Waals surface area contributed by atoms with Crippen molar-refractivity contribution >= 4 is 18.0 Å².